The highest BCUT2D eigenvalue weighted by Crippen LogP contribution is 2.02. The molecule has 0 unspecified atom stereocenters. The number of hydrogen-bond acceptors (Lipinski definition) is 4. The number of carbonyl (C=O) groups excluding carboxylic acids is 1. The van der Waals surface area contributed by atoms with Crippen molar-refractivity contribution in [2.45, 2.75) is 32.7 Å². The van der Waals surface area contributed by atoms with Crippen molar-refractivity contribution in [2.75, 3.05) is 26.4 Å². The fourth-order valence-electron chi connectivity index (χ4n) is 1.30. The van der Waals surface area contributed by atoms with Gasteiger partial charge in [0.25, 0.3) is 0 Å². The van der Waals surface area contributed by atoms with Gasteiger partial charge in [-0.3, -0.25) is 4.79 Å². The molecule has 0 saturated heterocycles. The number of nitrogens with two attached hydrogens (primary N) is 1. The lowest BCUT2D eigenvalue weighted by atomic mass is 10.0. The number of carbonyl (C=O) groups is 1. The molecule has 0 heterocycles. The Morgan fingerprint density at radius 1 is 1.44 bits per heavy atom. The molecule has 96 valence electrons. The minimum atomic E-state index is -0.418. The maximum Gasteiger partial charge on any atom is 0.236 e. The number of aliphatic hydroxyl groups excluding tert-OH is 1. The molecule has 0 saturated carbocycles. The maximum atomic E-state index is 11.5. The molecule has 0 aromatic rings. The zero-order chi connectivity index (χ0) is 12.4. The van der Waals surface area contributed by atoms with Crippen molar-refractivity contribution in [1.82, 2.24) is 5.32 Å². The first-order valence-corrected chi connectivity index (χ1v) is 5.79. The molecule has 0 aliphatic carbocycles. The third-order valence-corrected chi connectivity index (χ3v) is 2.06. The Balaban J connectivity index is 3.42. The van der Waals surface area contributed by atoms with Gasteiger partial charge in [0.2, 0.25) is 5.91 Å². The maximum absolute atomic E-state index is 11.5. The van der Waals surface area contributed by atoms with Crippen LogP contribution in [0.2, 0.25) is 0 Å². The first-order valence-electron chi connectivity index (χ1n) is 5.79. The smallest absolute Gasteiger partial charge is 0.236 e. The van der Waals surface area contributed by atoms with Gasteiger partial charge in [-0.1, -0.05) is 13.8 Å². The fraction of sp³-hybridized carbons (Fsp3) is 0.909. The zero-order valence-electron chi connectivity index (χ0n) is 10.2. The first-order chi connectivity index (χ1) is 7.57. The Morgan fingerprint density at radius 2 is 2.12 bits per heavy atom. The Bertz CT molecular complexity index is 186. The molecular formula is C11H24N2O3. The van der Waals surface area contributed by atoms with Gasteiger partial charge in [0.05, 0.1) is 19.3 Å². The van der Waals surface area contributed by atoms with Crippen LogP contribution in [-0.2, 0) is 9.53 Å². The van der Waals surface area contributed by atoms with E-state index in [1.165, 1.54) is 0 Å². The molecular weight excluding hydrogens is 208 g/mol. The van der Waals surface area contributed by atoms with Gasteiger partial charge < -0.3 is 20.9 Å². The molecule has 0 aromatic heterocycles. The van der Waals surface area contributed by atoms with Crippen LogP contribution in [0, 0.1) is 5.92 Å². The zero-order valence-corrected chi connectivity index (χ0v) is 10.2. The van der Waals surface area contributed by atoms with Crippen LogP contribution in [0.15, 0.2) is 0 Å². The molecule has 0 rings (SSSR count). The SMILES string of the molecule is CC(C)C[C@H](N)C(=O)NCCCOCCO. The van der Waals surface area contributed by atoms with Crippen LogP contribution < -0.4 is 11.1 Å². The summed E-state index contributed by atoms with van der Waals surface area (Å²) in [7, 11) is 0. The van der Waals surface area contributed by atoms with Crippen LogP contribution in [0.4, 0.5) is 0 Å². The van der Waals surface area contributed by atoms with Gasteiger partial charge in [0.15, 0.2) is 0 Å². The summed E-state index contributed by atoms with van der Waals surface area (Å²) in [5, 5.41) is 11.2. The quantitative estimate of drug-likeness (QED) is 0.484. The Morgan fingerprint density at radius 3 is 2.69 bits per heavy atom. The average Bonchev–Trinajstić information content (AvgIpc) is 2.21. The van der Waals surface area contributed by atoms with Gasteiger partial charge >= 0.3 is 0 Å². The molecule has 4 N–H and O–H groups in total. The van der Waals surface area contributed by atoms with E-state index in [2.05, 4.69) is 5.32 Å². The van der Waals surface area contributed by atoms with Crippen molar-refractivity contribution in [3.63, 3.8) is 0 Å². The monoisotopic (exact) mass is 232 g/mol. The third-order valence-electron chi connectivity index (χ3n) is 2.06. The van der Waals surface area contributed by atoms with E-state index >= 15 is 0 Å². The van der Waals surface area contributed by atoms with Crippen molar-refractivity contribution in [3.8, 4) is 0 Å². The van der Waals surface area contributed by atoms with E-state index in [-0.39, 0.29) is 12.5 Å². The van der Waals surface area contributed by atoms with Gasteiger partial charge in [0.1, 0.15) is 0 Å². The molecule has 5 nitrogen and oxygen atoms in total. The molecule has 16 heavy (non-hydrogen) atoms. The lowest BCUT2D eigenvalue weighted by Crippen LogP contribution is -2.41. The van der Waals surface area contributed by atoms with E-state index in [9.17, 15) is 4.79 Å². The van der Waals surface area contributed by atoms with Gasteiger partial charge in [-0.2, -0.15) is 0 Å². The van der Waals surface area contributed by atoms with Crippen molar-refractivity contribution in [2.24, 2.45) is 11.7 Å². The van der Waals surface area contributed by atoms with Crippen LogP contribution in [0.5, 0.6) is 0 Å². The summed E-state index contributed by atoms with van der Waals surface area (Å²) in [6.07, 6.45) is 1.44. The van der Waals surface area contributed by atoms with E-state index in [4.69, 9.17) is 15.6 Å². The number of aliphatic hydroxyl groups is 1. The number of nitrogens with one attached hydrogen (secondary N) is 1. The summed E-state index contributed by atoms with van der Waals surface area (Å²) < 4.78 is 5.06. The Labute approximate surface area is 97.3 Å². The van der Waals surface area contributed by atoms with Gasteiger partial charge in [0, 0.05) is 13.2 Å². The summed E-state index contributed by atoms with van der Waals surface area (Å²) in [5.74, 6) is 0.324. The fourth-order valence-corrected chi connectivity index (χ4v) is 1.30. The van der Waals surface area contributed by atoms with Crippen LogP contribution in [0.3, 0.4) is 0 Å². The van der Waals surface area contributed by atoms with Crippen LogP contribution in [0.25, 0.3) is 0 Å². The van der Waals surface area contributed by atoms with Gasteiger partial charge in [-0.05, 0) is 18.8 Å². The predicted molar refractivity (Wildman–Crippen MR) is 63.0 cm³/mol. The number of rotatable bonds is 9. The van der Waals surface area contributed by atoms with E-state index < -0.39 is 6.04 Å². The van der Waals surface area contributed by atoms with E-state index in [1.54, 1.807) is 0 Å². The highest BCUT2D eigenvalue weighted by molar-refractivity contribution is 5.81. The summed E-state index contributed by atoms with van der Waals surface area (Å²) in [6.45, 7) is 5.56. The predicted octanol–water partition coefficient (Wildman–Crippen LogP) is -0.125. The van der Waals surface area contributed by atoms with Crippen molar-refractivity contribution < 1.29 is 14.6 Å². The highest BCUT2D eigenvalue weighted by atomic mass is 16.5. The van der Waals surface area contributed by atoms with Crippen molar-refractivity contribution in [1.29, 1.82) is 0 Å². The minimum Gasteiger partial charge on any atom is -0.394 e. The van der Waals surface area contributed by atoms with E-state index in [1.807, 2.05) is 13.8 Å². The molecule has 0 aromatic carbocycles. The number of hydrogen-bond donors (Lipinski definition) is 3. The standard InChI is InChI=1S/C11H24N2O3/c1-9(2)8-10(12)11(15)13-4-3-6-16-7-5-14/h9-10,14H,3-8,12H2,1-2H3,(H,13,15)/t10-/m0/s1. The topological polar surface area (TPSA) is 84.6 Å². The molecule has 1 amide bonds. The molecule has 0 aliphatic rings. The molecule has 5 heteroatoms. The minimum absolute atomic E-state index is 0.0334. The van der Waals surface area contributed by atoms with E-state index in [0.717, 1.165) is 6.42 Å². The van der Waals surface area contributed by atoms with Crippen molar-refractivity contribution in [3.05, 3.63) is 0 Å². The summed E-state index contributed by atoms with van der Waals surface area (Å²) >= 11 is 0. The Kier molecular flexibility index (Phi) is 9.18. The second-order valence-corrected chi connectivity index (χ2v) is 4.22. The average molecular weight is 232 g/mol. The summed E-state index contributed by atoms with van der Waals surface area (Å²) in [6, 6.07) is -0.418. The largest absolute Gasteiger partial charge is 0.394 e. The third kappa shape index (κ3) is 8.64. The van der Waals surface area contributed by atoms with Gasteiger partial charge in [-0.15, -0.1) is 0 Å². The first kappa shape index (κ1) is 15.3. The normalized spacial score (nSPS) is 12.8. The second-order valence-electron chi connectivity index (χ2n) is 4.22. The summed E-state index contributed by atoms with van der Waals surface area (Å²) in [5.41, 5.74) is 5.70. The lowest BCUT2D eigenvalue weighted by Gasteiger charge is -2.13. The molecule has 0 bridgehead atoms. The number of ether oxygens (including phenoxy) is 1. The highest BCUT2D eigenvalue weighted by Gasteiger charge is 2.13. The van der Waals surface area contributed by atoms with E-state index in [0.29, 0.717) is 32.1 Å². The van der Waals surface area contributed by atoms with Crippen LogP contribution >= 0.6 is 0 Å². The van der Waals surface area contributed by atoms with Crippen LogP contribution in [-0.4, -0.2) is 43.4 Å². The molecule has 0 aliphatic heterocycles. The van der Waals surface area contributed by atoms with Gasteiger partial charge in [-0.25, -0.2) is 0 Å². The molecule has 0 radical (unpaired) electrons. The molecule has 0 spiro atoms. The van der Waals surface area contributed by atoms with Crippen molar-refractivity contribution >= 4 is 5.91 Å². The molecule has 1 atom stereocenters. The Hall–Kier alpha value is -0.650. The number of amides is 1. The lowest BCUT2D eigenvalue weighted by molar-refractivity contribution is -0.122. The summed E-state index contributed by atoms with van der Waals surface area (Å²) in [4.78, 5) is 11.5. The van der Waals surface area contributed by atoms with Crippen LogP contribution in [0.1, 0.15) is 26.7 Å². The molecule has 0 fully saturated rings. The second kappa shape index (κ2) is 9.57.